The van der Waals surface area contributed by atoms with Crippen LogP contribution in [0.15, 0.2) is 28.8 Å². The van der Waals surface area contributed by atoms with Gasteiger partial charge in [-0.1, -0.05) is 28.9 Å². The third kappa shape index (κ3) is 1.77. The summed E-state index contributed by atoms with van der Waals surface area (Å²) in [5.74, 6) is 0.190. The lowest BCUT2D eigenvalue weighted by Gasteiger charge is -1.95. The fraction of sp³-hybridized carbons (Fsp3) is 0.100. The van der Waals surface area contributed by atoms with Crippen molar-refractivity contribution in [1.82, 2.24) is 5.16 Å². The Morgan fingerprint density at radius 1 is 1.38 bits per heavy atom. The van der Waals surface area contributed by atoms with Crippen LogP contribution in [0.3, 0.4) is 0 Å². The molecule has 0 aliphatic heterocycles. The van der Waals surface area contributed by atoms with Crippen LogP contribution in [0.4, 0.5) is 5.69 Å². The van der Waals surface area contributed by atoms with Gasteiger partial charge in [0.15, 0.2) is 5.69 Å². The van der Waals surface area contributed by atoms with E-state index in [1.165, 1.54) is 6.92 Å². The van der Waals surface area contributed by atoms with Crippen molar-refractivity contribution in [3.05, 3.63) is 45.2 Å². The second-order valence-corrected chi connectivity index (χ2v) is 3.64. The maximum atomic E-state index is 10.8. The van der Waals surface area contributed by atoms with Crippen LogP contribution in [-0.4, -0.2) is 10.1 Å². The van der Waals surface area contributed by atoms with Crippen molar-refractivity contribution in [1.29, 1.82) is 0 Å². The first-order valence-corrected chi connectivity index (χ1v) is 4.84. The van der Waals surface area contributed by atoms with Gasteiger partial charge >= 0.3 is 5.69 Å². The van der Waals surface area contributed by atoms with Gasteiger partial charge in [0.05, 0.1) is 4.92 Å². The molecule has 1 aromatic carbocycles. The van der Waals surface area contributed by atoms with Gasteiger partial charge in [-0.25, -0.2) is 0 Å². The van der Waals surface area contributed by atoms with E-state index in [9.17, 15) is 10.1 Å². The summed E-state index contributed by atoms with van der Waals surface area (Å²) in [7, 11) is 0. The molecule has 0 saturated heterocycles. The van der Waals surface area contributed by atoms with E-state index in [0.29, 0.717) is 10.6 Å². The highest BCUT2D eigenvalue weighted by Crippen LogP contribution is 2.32. The normalized spacial score (nSPS) is 10.4. The minimum absolute atomic E-state index is 0.109. The van der Waals surface area contributed by atoms with Crippen molar-refractivity contribution in [2.45, 2.75) is 6.92 Å². The molecule has 0 aliphatic rings. The molecule has 1 heterocycles. The summed E-state index contributed by atoms with van der Waals surface area (Å²) in [6.45, 7) is 1.50. The Morgan fingerprint density at radius 3 is 2.56 bits per heavy atom. The molecule has 82 valence electrons. The highest BCUT2D eigenvalue weighted by molar-refractivity contribution is 6.30. The summed E-state index contributed by atoms with van der Waals surface area (Å²) >= 11 is 5.73. The molecule has 1 aromatic heterocycles. The Balaban J connectivity index is 2.56. The largest absolute Gasteiger partial charge is 0.354 e. The van der Waals surface area contributed by atoms with Gasteiger partial charge in [0.2, 0.25) is 5.76 Å². The number of aryl methyl sites for hydroxylation is 1. The predicted molar refractivity (Wildman–Crippen MR) is 58.3 cm³/mol. The van der Waals surface area contributed by atoms with E-state index in [2.05, 4.69) is 5.16 Å². The summed E-state index contributed by atoms with van der Waals surface area (Å²) in [5.41, 5.74) is 0.717. The molecule has 2 aromatic rings. The Labute approximate surface area is 95.8 Å². The van der Waals surface area contributed by atoms with Gasteiger partial charge in [0, 0.05) is 17.5 Å². The molecule has 0 atom stereocenters. The maximum absolute atomic E-state index is 10.8. The quantitative estimate of drug-likeness (QED) is 0.595. The summed E-state index contributed by atoms with van der Waals surface area (Å²) in [4.78, 5) is 10.3. The number of hydrogen-bond donors (Lipinski definition) is 0. The number of hydrogen-bond acceptors (Lipinski definition) is 4. The molecule has 0 saturated carbocycles. The smallest absolute Gasteiger partial charge is 0.339 e. The van der Waals surface area contributed by atoms with Crippen molar-refractivity contribution in [2.75, 3.05) is 0 Å². The van der Waals surface area contributed by atoms with E-state index in [0.717, 1.165) is 0 Å². The zero-order valence-electron chi connectivity index (χ0n) is 8.31. The molecule has 16 heavy (non-hydrogen) atoms. The average molecular weight is 239 g/mol. The summed E-state index contributed by atoms with van der Waals surface area (Å²) in [6, 6.07) is 6.61. The molecule has 0 N–H and O–H groups in total. The number of nitrogens with zero attached hydrogens (tertiary/aromatic N) is 2. The molecule has 6 heteroatoms. The fourth-order valence-electron chi connectivity index (χ4n) is 1.38. The van der Waals surface area contributed by atoms with Crippen molar-refractivity contribution in [3.63, 3.8) is 0 Å². The third-order valence-electron chi connectivity index (χ3n) is 2.13. The Morgan fingerprint density at radius 2 is 2.00 bits per heavy atom. The Hall–Kier alpha value is -1.88. The number of rotatable bonds is 2. The lowest BCUT2D eigenvalue weighted by atomic mass is 10.1. The van der Waals surface area contributed by atoms with E-state index in [4.69, 9.17) is 16.1 Å². The van der Waals surface area contributed by atoms with Gasteiger partial charge in [-0.15, -0.1) is 0 Å². The van der Waals surface area contributed by atoms with Gasteiger partial charge in [0.25, 0.3) is 0 Å². The average Bonchev–Trinajstić information content (AvgIpc) is 2.61. The molecule has 0 spiro atoms. The van der Waals surface area contributed by atoms with Crippen LogP contribution >= 0.6 is 11.6 Å². The van der Waals surface area contributed by atoms with Crippen LogP contribution in [0, 0.1) is 17.0 Å². The van der Waals surface area contributed by atoms with E-state index in [1.54, 1.807) is 24.3 Å². The summed E-state index contributed by atoms with van der Waals surface area (Å²) < 4.78 is 4.82. The monoisotopic (exact) mass is 238 g/mol. The van der Waals surface area contributed by atoms with Crippen LogP contribution in [-0.2, 0) is 0 Å². The van der Waals surface area contributed by atoms with Crippen LogP contribution in [0.25, 0.3) is 11.3 Å². The van der Waals surface area contributed by atoms with Crippen molar-refractivity contribution >= 4 is 17.3 Å². The minimum atomic E-state index is -0.504. The molecule has 0 bridgehead atoms. The molecule has 2 rings (SSSR count). The van der Waals surface area contributed by atoms with Crippen LogP contribution in [0.1, 0.15) is 5.76 Å². The Kier molecular flexibility index (Phi) is 2.62. The van der Waals surface area contributed by atoms with Crippen LogP contribution in [0.2, 0.25) is 5.02 Å². The van der Waals surface area contributed by atoms with E-state index in [-0.39, 0.29) is 17.1 Å². The first-order chi connectivity index (χ1) is 7.59. The van der Waals surface area contributed by atoms with Crippen molar-refractivity contribution < 1.29 is 9.45 Å². The maximum Gasteiger partial charge on any atom is 0.339 e. The molecular weight excluding hydrogens is 232 g/mol. The molecular formula is C10H7ClN2O3. The second kappa shape index (κ2) is 3.94. The second-order valence-electron chi connectivity index (χ2n) is 3.20. The standard InChI is InChI=1S/C10H7ClN2O3/c1-6-10(13(14)15)9(12-16-6)7-2-4-8(11)5-3-7/h2-5H,1H3. The number of benzene rings is 1. The predicted octanol–water partition coefficient (Wildman–Crippen LogP) is 3.21. The van der Waals surface area contributed by atoms with Crippen molar-refractivity contribution in [3.8, 4) is 11.3 Å². The lowest BCUT2D eigenvalue weighted by Crippen LogP contribution is -1.91. The highest BCUT2D eigenvalue weighted by atomic mass is 35.5. The third-order valence-corrected chi connectivity index (χ3v) is 2.38. The van der Waals surface area contributed by atoms with Gasteiger partial charge in [-0.2, -0.15) is 0 Å². The molecule has 0 unspecified atom stereocenters. The summed E-state index contributed by atoms with van der Waals surface area (Å²) in [6.07, 6.45) is 0. The minimum Gasteiger partial charge on any atom is -0.354 e. The molecule has 0 aliphatic carbocycles. The van der Waals surface area contributed by atoms with Gasteiger partial charge in [-0.05, 0) is 12.1 Å². The fourth-order valence-corrected chi connectivity index (χ4v) is 1.51. The number of halogens is 1. The SMILES string of the molecule is Cc1onc(-c2ccc(Cl)cc2)c1[N+](=O)[O-]. The first-order valence-electron chi connectivity index (χ1n) is 4.46. The van der Waals surface area contributed by atoms with Crippen LogP contribution in [0.5, 0.6) is 0 Å². The van der Waals surface area contributed by atoms with E-state index >= 15 is 0 Å². The first kappa shape index (κ1) is 10.6. The van der Waals surface area contributed by atoms with E-state index < -0.39 is 4.92 Å². The van der Waals surface area contributed by atoms with E-state index in [1.807, 2.05) is 0 Å². The lowest BCUT2D eigenvalue weighted by molar-refractivity contribution is -0.385. The van der Waals surface area contributed by atoms with Gasteiger partial charge < -0.3 is 4.52 Å². The Bertz CT molecular complexity index is 533. The highest BCUT2D eigenvalue weighted by Gasteiger charge is 2.24. The van der Waals surface area contributed by atoms with Crippen LogP contribution < -0.4 is 0 Å². The molecule has 0 fully saturated rings. The molecule has 0 amide bonds. The van der Waals surface area contributed by atoms with Gasteiger partial charge in [0.1, 0.15) is 0 Å². The zero-order valence-corrected chi connectivity index (χ0v) is 9.06. The number of aromatic nitrogens is 1. The topological polar surface area (TPSA) is 69.2 Å². The van der Waals surface area contributed by atoms with Gasteiger partial charge in [-0.3, -0.25) is 10.1 Å². The number of nitro groups is 1. The zero-order chi connectivity index (χ0) is 11.7. The van der Waals surface area contributed by atoms with Crippen molar-refractivity contribution in [2.24, 2.45) is 0 Å². The molecule has 5 nitrogen and oxygen atoms in total. The molecule has 0 radical (unpaired) electrons. The summed E-state index contributed by atoms with van der Waals surface area (Å²) in [5, 5.41) is 15.1.